The van der Waals surface area contributed by atoms with E-state index in [1.54, 1.807) is 17.3 Å². The van der Waals surface area contributed by atoms with Crippen LogP contribution in [0.25, 0.3) is 33.9 Å². The SMILES string of the molecule is CC(C)n1ncc2cc(-c3nc(-c4cccc5c4CCN(C(=O)OC(C)(C)C)C5)no3)cnc21. The minimum Gasteiger partial charge on any atom is -0.444 e. The van der Waals surface area contributed by atoms with Crippen molar-refractivity contribution in [3.63, 3.8) is 0 Å². The fourth-order valence-corrected chi connectivity index (χ4v) is 4.19. The Balaban J connectivity index is 1.41. The van der Waals surface area contributed by atoms with Gasteiger partial charge in [-0.05, 0) is 58.2 Å². The number of amides is 1. The number of hydrogen-bond donors (Lipinski definition) is 0. The lowest BCUT2D eigenvalue weighted by molar-refractivity contribution is 0.0224. The van der Waals surface area contributed by atoms with Gasteiger partial charge in [0.15, 0.2) is 5.65 Å². The summed E-state index contributed by atoms with van der Waals surface area (Å²) in [5.41, 5.74) is 4.15. The molecule has 1 aromatic carbocycles. The van der Waals surface area contributed by atoms with Crippen molar-refractivity contribution in [3.8, 4) is 22.8 Å². The lowest BCUT2D eigenvalue weighted by Crippen LogP contribution is -2.40. The smallest absolute Gasteiger partial charge is 0.410 e. The molecule has 1 aliphatic heterocycles. The van der Waals surface area contributed by atoms with Crippen LogP contribution in [0.15, 0.2) is 41.2 Å². The molecule has 4 aromatic rings. The van der Waals surface area contributed by atoms with Gasteiger partial charge >= 0.3 is 6.09 Å². The van der Waals surface area contributed by atoms with E-state index >= 15 is 0 Å². The summed E-state index contributed by atoms with van der Waals surface area (Å²) in [6, 6.07) is 8.16. The van der Waals surface area contributed by atoms with E-state index in [4.69, 9.17) is 9.26 Å². The maximum absolute atomic E-state index is 12.5. The normalized spacial score (nSPS) is 14.0. The highest BCUT2D eigenvalue weighted by atomic mass is 16.6. The molecule has 0 aliphatic carbocycles. The Morgan fingerprint density at radius 3 is 2.79 bits per heavy atom. The van der Waals surface area contributed by atoms with Gasteiger partial charge in [0.2, 0.25) is 5.82 Å². The Bertz CT molecular complexity index is 1360. The quantitative estimate of drug-likeness (QED) is 0.423. The number of aromatic nitrogens is 5. The highest BCUT2D eigenvalue weighted by Gasteiger charge is 2.27. The van der Waals surface area contributed by atoms with Gasteiger partial charge in [0.05, 0.1) is 11.8 Å². The van der Waals surface area contributed by atoms with Crippen LogP contribution in [0.2, 0.25) is 0 Å². The van der Waals surface area contributed by atoms with E-state index in [2.05, 4.69) is 34.1 Å². The van der Waals surface area contributed by atoms with Gasteiger partial charge in [-0.1, -0.05) is 23.4 Å². The third kappa shape index (κ3) is 4.13. The van der Waals surface area contributed by atoms with Gasteiger partial charge in [-0.15, -0.1) is 0 Å². The molecule has 0 N–H and O–H groups in total. The summed E-state index contributed by atoms with van der Waals surface area (Å²) in [4.78, 5) is 23.5. The first-order valence-electron chi connectivity index (χ1n) is 11.5. The highest BCUT2D eigenvalue weighted by molar-refractivity contribution is 5.79. The maximum atomic E-state index is 12.5. The van der Waals surface area contributed by atoms with Crippen LogP contribution in [-0.2, 0) is 17.7 Å². The fraction of sp³-hybridized carbons (Fsp3) is 0.400. The van der Waals surface area contributed by atoms with Gasteiger partial charge in [-0.2, -0.15) is 10.1 Å². The summed E-state index contributed by atoms with van der Waals surface area (Å²) in [6.45, 7) is 10.8. The van der Waals surface area contributed by atoms with E-state index in [1.807, 2.05) is 49.7 Å². The highest BCUT2D eigenvalue weighted by Crippen LogP contribution is 2.31. The molecule has 0 atom stereocenters. The van der Waals surface area contributed by atoms with Crippen molar-refractivity contribution < 1.29 is 14.1 Å². The van der Waals surface area contributed by atoms with Crippen LogP contribution in [0.1, 0.15) is 51.8 Å². The largest absolute Gasteiger partial charge is 0.444 e. The van der Waals surface area contributed by atoms with Crippen LogP contribution in [0.5, 0.6) is 0 Å². The number of pyridine rings is 1. The Morgan fingerprint density at radius 1 is 1.21 bits per heavy atom. The Morgan fingerprint density at radius 2 is 2.03 bits per heavy atom. The molecule has 0 bridgehead atoms. The van der Waals surface area contributed by atoms with Crippen LogP contribution >= 0.6 is 0 Å². The molecule has 1 aliphatic rings. The van der Waals surface area contributed by atoms with Gasteiger partial charge in [0.25, 0.3) is 5.89 Å². The first kappa shape index (κ1) is 22.1. The van der Waals surface area contributed by atoms with Gasteiger partial charge in [0, 0.05) is 36.3 Å². The van der Waals surface area contributed by atoms with Gasteiger partial charge < -0.3 is 14.2 Å². The van der Waals surface area contributed by atoms with Crippen LogP contribution in [0.4, 0.5) is 4.79 Å². The third-order valence-corrected chi connectivity index (χ3v) is 5.75. The second-order valence-electron chi connectivity index (χ2n) is 9.84. The van der Waals surface area contributed by atoms with Crippen molar-refractivity contribution in [2.45, 2.75) is 59.2 Å². The number of carbonyl (C=O) groups is 1. The standard InChI is InChI=1S/C25H28N6O3/c1-15(2)31-22-17(13-27-31)11-18(12-26-22)23-28-21(29-34-23)20-8-6-7-16-14-30(10-9-19(16)20)24(32)33-25(3,4)5/h6-8,11-13,15H,9-10,14H2,1-5H3. The predicted molar refractivity (Wildman–Crippen MR) is 127 cm³/mol. The van der Waals surface area contributed by atoms with Crippen LogP contribution in [0, 0.1) is 0 Å². The lowest BCUT2D eigenvalue weighted by atomic mass is 9.94. The number of fused-ring (bicyclic) bond motifs is 2. The van der Waals surface area contributed by atoms with Crippen LogP contribution in [0.3, 0.4) is 0 Å². The first-order chi connectivity index (χ1) is 16.2. The topological polar surface area (TPSA) is 99.2 Å². The van der Waals surface area contributed by atoms with Gasteiger partial charge in [-0.3, -0.25) is 0 Å². The molecule has 0 saturated carbocycles. The summed E-state index contributed by atoms with van der Waals surface area (Å²) in [7, 11) is 0. The molecule has 3 aromatic heterocycles. The van der Waals surface area contributed by atoms with E-state index < -0.39 is 5.60 Å². The van der Waals surface area contributed by atoms with E-state index in [-0.39, 0.29) is 12.1 Å². The molecule has 0 saturated heterocycles. The maximum Gasteiger partial charge on any atom is 0.410 e. The summed E-state index contributed by atoms with van der Waals surface area (Å²) in [5.74, 6) is 0.932. The third-order valence-electron chi connectivity index (χ3n) is 5.75. The van der Waals surface area contributed by atoms with Crippen molar-refractivity contribution in [1.82, 2.24) is 29.8 Å². The predicted octanol–water partition coefficient (Wildman–Crippen LogP) is 5.02. The van der Waals surface area contributed by atoms with E-state index in [9.17, 15) is 4.79 Å². The Kier molecular flexibility index (Phi) is 5.34. The molecule has 176 valence electrons. The second kappa shape index (κ2) is 8.23. The summed E-state index contributed by atoms with van der Waals surface area (Å²) < 4.78 is 13.0. The molecule has 0 spiro atoms. The Hall–Kier alpha value is -3.75. The zero-order chi connectivity index (χ0) is 24.0. The average Bonchev–Trinajstić information content (AvgIpc) is 3.44. The number of benzene rings is 1. The van der Waals surface area contributed by atoms with Gasteiger partial charge in [-0.25, -0.2) is 14.5 Å². The number of carbonyl (C=O) groups excluding carboxylic acids is 1. The molecule has 0 fully saturated rings. The minimum absolute atomic E-state index is 0.223. The fourth-order valence-electron chi connectivity index (χ4n) is 4.19. The van der Waals surface area contributed by atoms with E-state index in [0.717, 1.165) is 33.3 Å². The van der Waals surface area contributed by atoms with Crippen LogP contribution in [-0.4, -0.2) is 48.0 Å². The van der Waals surface area contributed by atoms with Crippen molar-refractivity contribution >= 4 is 17.1 Å². The van der Waals surface area contributed by atoms with Crippen molar-refractivity contribution in [3.05, 3.63) is 47.8 Å². The summed E-state index contributed by atoms with van der Waals surface area (Å²) >= 11 is 0. The van der Waals surface area contributed by atoms with Crippen molar-refractivity contribution in [2.24, 2.45) is 0 Å². The molecule has 34 heavy (non-hydrogen) atoms. The molecule has 9 nitrogen and oxygen atoms in total. The zero-order valence-electron chi connectivity index (χ0n) is 20.1. The molecule has 9 heteroatoms. The average molecular weight is 461 g/mol. The first-order valence-corrected chi connectivity index (χ1v) is 11.5. The lowest BCUT2D eigenvalue weighted by Gasteiger charge is -2.31. The molecular weight excluding hydrogens is 432 g/mol. The number of hydrogen-bond acceptors (Lipinski definition) is 7. The van der Waals surface area contributed by atoms with Gasteiger partial charge in [0.1, 0.15) is 5.60 Å². The number of rotatable bonds is 3. The molecule has 0 unspecified atom stereocenters. The van der Waals surface area contributed by atoms with Crippen molar-refractivity contribution in [2.75, 3.05) is 6.54 Å². The monoisotopic (exact) mass is 460 g/mol. The zero-order valence-corrected chi connectivity index (χ0v) is 20.1. The van der Waals surface area contributed by atoms with E-state index in [1.165, 1.54) is 0 Å². The summed E-state index contributed by atoms with van der Waals surface area (Å²) in [6.07, 6.45) is 3.93. The van der Waals surface area contributed by atoms with Crippen molar-refractivity contribution in [1.29, 1.82) is 0 Å². The van der Waals surface area contributed by atoms with Crippen LogP contribution < -0.4 is 0 Å². The molecule has 0 radical (unpaired) electrons. The molecule has 4 heterocycles. The summed E-state index contributed by atoms with van der Waals surface area (Å²) in [5, 5.41) is 9.59. The van der Waals surface area contributed by atoms with E-state index in [0.29, 0.717) is 31.2 Å². The Labute approximate surface area is 197 Å². The number of ether oxygens (including phenoxy) is 1. The second-order valence-corrected chi connectivity index (χ2v) is 9.84. The molecule has 5 rings (SSSR count). The minimum atomic E-state index is -0.522. The molecular formula is C25H28N6O3. The number of nitrogens with zero attached hydrogens (tertiary/aromatic N) is 6. The molecule has 1 amide bonds.